The Bertz CT molecular complexity index is 329. The second kappa shape index (κ2) is 6.06. The standard InChI is InChI=1S/C15H25NO/c1-6-15(3,4)13-7-9-14(10-8-13)17-11-12(2)16-5/h7-10,12,16H,6,11H2,1-5H3. The molecule has 0 saturated heterocycles. The lowest BCUT2D eigenvalue weighted by Crippen LogP contribution is -2.28. The van der Waals surface area contributed by atoms with Crippen LogP contribution in [0, 0.1) is 0 Å². The molecule has 0 radical (unpaired) electrons. The van der Waals surface area contributed by atoms with Crippen LogP contribution in [0.15, 0.2) is 24.3 Å². The summed E-state index contributed by atoms with van der Waals surface area (Å²) >= 11 is 0. The van der Waals surface area contributed by atoms with Crippen molar-refractivity contribution in [3.8, 4) is 5.75 Å². The van der Waals surface area contributed by atoms with Crippen LogP contribution in [0.4, 0.5) is 0 Å². The molecule has 0 aromatic heterocycles. The summed E-state index contributed by atoms with van der Waals surface area (Å²) in [6.45, 7) is 9.57. The van der Waals surface area contributed by atoms with Gasteiger partial charge in [0.2, 0.25) is 0 Å². The highest BCUT2D eigenvalue weighted by Gasteiger charge is 2.17. The molecule has 0 fully saturated rings. The summed E-state index contributed by atoms with van der Waals surface area (Å²) < 4.78 is 5.70. The molecule has 0 aliphatic carbocycles. The van der Waals surface area contributed by atoms with E-state index >= 15 is 0 Å². The first kappa shape index (κ1) is 14.0. The SMILES string of the molecule is CCC(C)(C)c1ccc(OCC(C)NC)cc1. The maximum atomic E-state index is 5.70. The molecule has 0 bridgehead atoms. The predicted molar refractivity (Wildman–Crippen MR) is 73.8 cm³/mol. The molecule has 1 atom stereocenters. The first-order valence-electron chi connectivity index (χ1n) is 6.40. The van der Waals surface area contributed by atoms with E-state index in [2.05, 4.69) is 57.3 Å². The van der Waals surface area contributed by atoms with E-state index < -0.39 is 0 Å². The van der Waals surface area contributed by atoms with E-state index in [1.165, 1.54) is 5.56 Å². The Morgan fingerprint density at radius 3 is 2.29 bits per heavy atom. The lowest BCUT2D eigenvalue weighted by Gasteiger charge is -2.23. The predicted octanol–water partition coefficient (Wildman–Crippen LogP) is 3.36. The number of rotatable bonds is 6. The highest BCUT2D eigenvalue weighted by Crippen LogP contribution is 2.27. The largest absolute Gasteiger partial charge is 0.492 e. The Hall–Kier alpha value is -1.02. The minimum absolute atomic E-state index is 0.247. The average molecular weight is 235 g/mol. The van der Waals surface area contributed by atoms with Gasteiger partial charge in [0, 0.05) is 6.04 Å². The van der Waals surface area contributed by atoms with E-state index in [1.54, 1.807) is 0 Å². The van der Waals surface area contributed by atoms with Crippen LogP contribution in [0.5, 0.6) is 5.75 Å². The quantitative estimate of drug-likeness (QED) is 0.816. The summed E-state index contributed by atoms with van der Waals surface area (Å²) in [5, 5.41) is 3.15. The van der Waals surface area contributed by atoms with E-state index in [0.29, 0.717) is 12.6 Å². The zero-order chi connectivity index (χ0) is 12.9. The molecule has 0 aliphatic rings. The van der Waals surface area contributed by atoms with Gasteiger partial charge in [0.1, 0.15) is 12.4 Å². The van der Waals surface area contributed by atoms with Gasteiger partial charge in [-0.1, -0.05) is 32.9 Å². The summed E-state index contributed by atoms with van der Waals surface area (Å²) in [6, 6.07) is 8.84. The van der Waals surface area contributed by atoms with Gasteiger partial charge >= 0.3 is 0 Å². The van der Waals surface area contributed by atoms with E-state index in [0.717, 1.165) is 12.2 Å². The minimum Gasteiger partial charge on any atom is -0.492 e. The normalized spacial score (nSPS) is 13.5. The number of likely N-dealkylation sites (N-methyl/N-ethyl adjacent to an activating group) is 1. The lowest BCUT2D eigenvalue weighted by molar-refractivity contribution is 0.279. The Balaban J connectivity index is 2.62. The number of nitrogens with one attached hydrogen (secondary N) is 1. The summed E-state index contributed by atoms with van der Waals surface area (Å²) in [5.41, 5.74) is 1.62. The van der Waals surface area contributed by atoms with Crippen LogP contribution in [0.3, 0.4) is 0 Å². The molecule has 1 aromatic carbocycles. The van der Waals surface area contributed by atoms with Gasteiger partial charge < -0.3 is 10.1 Å². The van der Waals surface area contributed by atoms with Crippen LogP contribution >= 0.6 is 0 Å². The van der Waals surface area contributed by atoms with E-state index in [1.807, 2.05) is 7.05 Å². The summed E-state index contributed by atoms with van der Waals surface area (Å²) in [6.07, 6.45) is 1.14. The molecule has 1 rings (SSSR count). The molecule has 17 heavy (non-hydrogen) atoms. The third-order valence-corrected chi connectivity index (χ3v) is 3.51. The van der Waals surface area contributed by atoms with Crippen LogP contribution in [0.1, 0.15) is 39.7 Å². The van der Waals surface area contributed by atoms with Gasteiger partial charge in [0.05, 0.1) is 0 Å². The van der Waals surface area contributed by atoms with Gasteiger partial charge in [-0.2, -0.15) is 0 Å². The third kappa shape index (κ3) is 4.04. The average Bonchev–Trinajstić information content (AvgIpc) is 2.36. The van der Waals surface area contributed by atoms with Crippen molar-refractivity contribution in [1.29, 1.82) is 0 Å². The molecule has 96 valence electrons. The van der Waals surface area contributed by atoms with Crippen LogP contribution in [0.25, 0.3) is 0 Å². The number of benzene rings is 1. The fourth-order valence-electron chi connectivity index (χ4n) is 1.51. The van der Waals surface area contributed by atoms with E-state index in [4.69, 9.17) is 4.74 Å². The van der Waals surface area contributed by atoms with Crippen LogP contribution in [-0.4, -0.2) is 19.7 Å². The first-order chi connectivity index (χ1) is 7.99. The van der Waals surface area contributed by atoms with Crippen LogP contribution < -0.4 is 10.1 Å². The van der Waals surface area contributed by atoms with Crippen molar-refractivity contribution in [3.05, 3.63) is 29.8 Å². The minimum atomic E-state index is 0.247. The fourth-order valence-corrected chi connectivity index (χ4v) is 1.51. The van der Waals surface area contributed by atoms with Gasteiger partial charge in [-0.15, -0.1) is 0 Å². The lowest BCUT2D eigenvalue weighted by atomic mass is 9.82. The topological polar surface area (TPSA) is 21.3 Å². The molecule has 0 saturated carbocycles. The highest BCUT2D eigenvalue weighted by molar-refractivity contribution is 5.31. The summed E-state index contributed by atoms with van der Waals surface area (Å²) in [5.74, 6) is 0.947. The third-order valence-electron chi connectivity index (χ3n) is 3.51. The first-order valence-corrected chi connectivity index (χ1v) is 6.40. The Kier molecular flexibility index (Phi) is 5.01. The van der Waals surface area contributed by atoms with Gasteiger partial charge in [0.15, 0.2) is 0 Å². The van der Waals surface area contributed by atoms with Crippen LogP contribution in [0.2, 0.25) is 0 Å². The zero-order valence-corrected chi connectivity index (χ0v) is 11.7. The maximum absolute atomic E-state index is 5.70. The zero-order valence-electron chi connectivity index (χ0n) is 11.7. The highest BCUT2D eigenvalue weighted by atomic mass is 16.5. The number of hydrogen-bond acceptors (Lipinski definition) is 2. The second-order valence-corrected chi connectivity index (χ2v) is 5.26. The molecule has 1 N–H and O–H groups in total. The molecular weight excluding hydrogens is 210 g/mol. The van der Waals surface area contributed by atoms with Crippen molar-refractivity contribution in [3.63, 3.8) is 0 Å². The summed E-state index contributed by atoms with van der Waals surface area (Å²) in [7, 11) is 1.95. The Morgan fingerprint density at radius 2 is 1.82 bits per heavy atom. The molecule has 0 heterocycles. The van der Waals surface area contributed by atoms with E-state index in [-0.39, 0.29) is 5.41 Å². The number of hydrogen-bond donors (Lipinski definition) is 1. The molecule has 2 heteroatoms. The van der Waals surface area contributed by atoms with Crippen molar-refractivity contribution >= 4 is 0 Å². The summed E-state index contributed by atoms with van der Waals surface area (Å²) in [4.78, 5) is 0. The van der Waals surface area contributed by atoms with Gasteiger partial charge in [-0.25, -0.2) is 0 Å². The van der Waals surface area contributed by atoms with Crippen molar-refractivity contribution in [1.82, 2.24) is 5.32 Å². The second-order valence-electron chi connectivity index (χ2n) is 5.26. The van der Waals surface area contributed by atoms with Crippen molar-refractivity contribution in [2.75, 3.05) is 13.7 Å². The monoisotopic (exact) mass is 235 g/mol. The van der Waals surface area contributed by atoms with Crippen molar-refractivity contribution < 1.29 is 4.74 Å². The fraction of sp³-hybridized carbons (Fsp3) is 0.600. The Morgan fingerprint density at radius 1 is 1.24 bits per heavy atom. The molecule has 0 amide bonds. The van der Waals surface area contributed by atoms with Gasteiger partial charge in [-0.05, 0) is 43.5 Å². The number of ether oxygens (including phenoxy) is 1. The van der Waals surface area contributed by atoms with Crippen molar-refractivity contribution in [2.45, 2.75) is 45.6 Å². The van der Waals surface area contributed by atoms with E-state index in [9.17, 15) is 0 Å². The molecule has 1 aromatic rings. The molecule has 1 unspecified atom stereocenters. The Labute approximate surface area is 105 Å². The molecule has 0 aliphatic heterocycles. The van der Waals surface area contributed by atoms with Crippen molar-refractivity contribution in [2.24, 2.45) is 0 Å². The molecule has 0 spiro atoms. The smallest absolute Gasteiger partial charge is 0.119 e. The van der Waals surface area contributed by atoms with Gasteiger partial charge in [0.25, 0.3) is 0 Å². The maximum Gasteiger partial charge on any atom is 0.119 e. The molecular formula is C15H25NO. The van der Waals surface area contributed by atoms with Crippen LogP contribution in [-0.2, 0) is 5.41 Å². The molecule has 2 nitrogen and oxygen atoms in total. The van der Waals surface area contributed by atoms with Gasteiger partial charge in [-0.3, -0.25) is 0 Å².